The average Bonchev–Trinajstić information content (AvgIpc) is 2.61. The van der Waals surface area contributed by atoms with Crippen LogP contribution < -0.4 is 0 Å². The number of piperazine rings is 1. The van der Waals surface area contributed by atoms with E-state index in [-0.39, 0.29) is 11.5 Å². The van der Waals surface area contributed by atoms with Gasteiger partial charge in [0.2, 0.25) is 0 Å². The quantitative estimate of drug-likeness (QED) is 0.862. The van der Waals surface area contributed by atoms with Crippen molar-refractivity contribution in [1.29, 1.82) is 0 Å². The summed E-state index contributed by atoms with van der Waals surface area (Å²) in [5, 5.41) is 9.84. The van der Waals surface area contributed by atoms with Crippen molar-refractivity contribution in [3.8, 4) is 0 Å². The molecule has 136 valence electrons. The van der Waals surface area contributed by atoms with Crippen LogP contribution in [-0.2, 0) is 6.54 Å². The van der Waals surface area contributed by atoms with E-state index in [0.29, 0.717) is 28.7 Å². The summed E-state index contributed by atoms with van der Waals surface area (Å²) in [6.07, 6.45) is 0. The third-order valence-electron chi connectivity index (χ3n) is 4.38. The van der Waals surface area contributed by atoms with Crippen molar-refractivity contribution < 1.29 is 14.7 Å². The molecule has 2 aromatic rings. The molecule has 1 heterocycles. The first-order chi connectivity index (χ1) is 12.4. The summed E-state index contributed by atoms with van der Waals surface area (Å²) in [6, 6.07) is 11.7. The number of carbonyl (C=O) groups excluding carboxylic acids is 1. The monoisotopic (exact) mass is 392 g/mol. The van der Waals surface area contributed by atoms with Crippen molar-refractivity contribution in [3.63, 3.8) is 0 Å². The second-order valence-electron chi connectivity index (χ2n) is 6.23. The van der Waals surface area contributed by atoms with E-state index in [1.807, 2.05) is 12.1 Å². The summed E-state index contributed by atoms with van der Waals surface area (Å²) in [6.45, 7) is 3.47. The van der Waals surface area contributed by atoms with Gasteiger partial charge in [0.25, 0.3) is 5.91 Å². The highest BCUT2D eigenvalue weighted by Crippen LogP contribution is 2.21. The number of amides is 1. The Labute approximate surface area is 161 Å². The topological polar surface area (TPSA) is 60.9 Å². The molecule has 0 aliphatic carbocycles. The molecule has 0 spiro atoms. The number of hydrogen-bond donors (Lipinski definition) is 1. The van der Waals surface area contributed by atoms with Crippen LogP contribution in [0.5, 0.6) is 0 Å². The lowest BCUT2D eigenvalue weighted by Gasteiger charge is -2.34. The summed E-state index contributed by atoms with van der Waals surface area (Å²) in [7, 11) is 0. The van der Waals surface area contributed by atoms with Crippen LogP contribution in [0.25, 0.3) is 0 Å². The molecule has 5 nitrogen and oxygen atoms in total. The maximum absolute atomic E-state index is 12.6. The van der Waals surface area contributed by atoms with Crippen molar-refractivity contribution in [2.24, 2.45) is 0 Å². The first-order valence-corrected chi connectivity index (χ1v) is 8.98. The zero-order valence-electron chi connectivity index (χ0n) is 14.0. The van der Waals surface area contributed by atoms with Gasteiger partial charge in [0.05, 0.1) is 5.56 Å². The molecular weight excluding hydrogens is 375 g/mol. The van der Waals surface area contributed by atoms with E-state index in [1.165, 1.54) is 0 Å². The lowest BCUT2D eigenvalue weighted by Crippen LogP contribution is -2.48. The van der Waals surface area contributed by atoms with Gasteiger partial charge in [0.15, 0.2) is 0 Å². The predicted molar refractivity (Wildman–Crippen MR) is 101 cm³/mol. The molecule has 7 heteroatoms. The maximum Gasteiger partial charge on any atom is 0.335 e. The Balaban J connectivity index is 1.56. The minimum atomic E-state index is -0.926. The zero-order chi connectivity index (χ0) is 18.7. The average molecular weight is 393 g/mol. The van der Waals surface area contributed by atoms with Crippen LogP contribution >= 0.6 is 23.2 Å². The first-order valence-electron chi connectivity index (χ1n) is 8.22. The molecule has 26 heavy (non-hydrogen) atoms. The molecule has 3 rings (SSSR count). The largest absolute Gasteiger partial charge is 0.478 e. The Morgan fingerprint density at radius 1 is 0.885 bits per heavy atom. The van der Waals surface area contributed by atoms with Crippen LogP contribution in [0.1, 0.15) is 26.3 Å². The van der Waals surface area contributed by atoms with Crippen molar-refractivity contribution in [1.82, 2.24) is 9.80 Å². The Kier molecular flexibility index (Phi) is 5.81. The third-order valence-corrected chi connectivity index (χ3v) is 4.81. The highest BCUT2D eigenvalue weighted by Gasteiger charge is 2.22. The number of nitrogens with zero attached hydrogens (tertiary/aromatic N) is 2. The van der Waals surface area contributed by atoms with Crippen LogP contribution in [-0.4, -0.2) is 53.0 Å². The summed E-state index contributed by atoms with van der Waals surface area (Å²) < 4.78 is 0. The van der Waals surface area contributed by atoms with E-state index in [4.69, 9.17) is 28.3 Å². The molecule has 1 amide bonds. The lowest BCUT2D eigenvalue weighted by atomic mass is 10.1. The summed E-state index contributed by atoms with van der Waals surface area (Å²) >= 11 is 12.0. The Morgan fingerprint density at radius 2 is 1.46 bits per heavy atom. The van der Waals surface area contributed by atoms with Gasteiger partial charge in [-0.1, -0.05) is 35.3 Å². The fourth-order valence-corrected chi connectivity index (χ4v) is 3.51. The number of carbonyl (C=O) groups is 2. The summed E-state index contributed by atoms with van der Waals surface area (Å²) in [5.74, 6) is -0.996. The number of aromatic carboxylic acids is 1. The Morgan fingerprint density at radius 3 is 2.00 bits per heavy atom. The minimum Gasteiger partial charge on any atom is -0.478 e. The molecule has 1 saturated heterocycles. The van der Waals surface area contributed by atoms with Gasteiger partial charge in [-0.05, 0) is 35.9 Å². The number of carboxylic acid groups (broad SMARTS) is 1. The molecule has 0 unspecified atom stereocenters. The summed E-state index contributed by atoms with van der Waals surface area (Å²) in [4.78, 5) is 27.5. The number of rotatable bonds is 4. The maximum atomic E-state index is 12.6. The molecule has 1 fully saturated rings. The van der Waals surface area contributed by atoms with Gasteiger partial charge in [0, 0.05) is 48.3 Å². The van der Waals surface area contributed by atoms with Gasteiger partial charge in [-0.3, -0.25) is 9.69 Å². The van der Waals surface area contributed by atoms with Gasteiger partial charge in [0.1, 0.15) is 0 Å². The highest BCUT2D eigenvalue weighted by molar-refractivity contribution is 6.35. The van der Waals surface area contributed by atoms with E-state index in [0.717, 1.165) is 25.2 Å². The van der Waals surface area contributed by atoms with Gasteiger partial charge in [-0.2, -0.15) is 0 Å². The molecular formula is C19H18Cl2N2O3. The normalized spacial score (nSPS) is 15.1. The van der Waals surface area contributed by atoms with Crippen molar-refractivity contribution in [2.45, 2.75) is 6.54 Å². The standard InChI is InChI=1S/C19H18Cl2N2O3/c20-16-9-15(10-17(21)11-16)18(24)23-7-5-22(6-8-23)12-13-1-3-14(4-2-13)19(25)26/h1-4,9-11H,5-8,12H2,(H,25,26). The third kappa shape index (κ3) is 4.55. The zero-order valence-corrected chi connectivity index (χ0v) is 15.5. The van der Waals surface area contributed by atoms with Crippen LogP contribution in [0.4, 0.5) is 0 Å². The van der Waals surface area contributed by atoms with Crippen LogP contribution in [0.15, 0.2) is 42.5 Å². The second kappa shape index (κ2) is 8.08. The minimum absolute atomic E-state index is 0.0696. The van der Waals surface area contributed by atoms with Crippen LogP contribution in [0.3, 0.4) is 0 Å². The van der Waals surface area contributed by atoms with Crippen LogP contribution in [0, 0.1) is 0 Å². The van der Waals surface area contributed by atoms with Gasteiger partial charge < -0.3 is 10.0 Å². The molecule has 1 N–H and O–H groups in total. The highest BCUT2D eigenvalue weighted by atomic mass is 35.5. The van der Waals surface area contributed by atoms with E-state index in [2.05, 4.69) is 4.90 Å². The Hall–Kier alpha value is -2.08. The van der Waals surface area contributed by atoms with E-state index in [1.54, 1.807) is 35.2 Å². The second-order valence-corrected chi connectivity index (χ2v) is 7.10. The molecule has 0 aromatic heterocycles. The molecule has 0 saturated carbocycles. The summed E-state index contributed by atoms with van der Waals surface area (Å²) in [5.41, 5.74) is 1.83. The molecule has 0 radical (unpaired) electrons. The van der Waals surface area contributed by atoms with Crippen LogP contribution in [0.2, 0.25) is 10.0 Å². The SMILES string of the molecule is O=C(O)c1ccc(CN2CCN(C(=O)c3cc(Cl)cc(Cl)c3)CC2)cc1. The van der Waals surface area contributed by atoms with Crippen molar-refractivity contribution in [2.75, 3.05) is 26.2 Å². The molecule has 0 bridgehead atoms. The van der Waals surface area contributed by atoms with E-state index >= 15 is 0 Å². The molecule has 1 aliphatic heterocycles. The lowest BCUT2D eigenvalue weighted by molar-refractivity contribution is 0.0628. The molecule has 0 atom stereocenters. The Bertz CT molecular complexity index is 796. The van der Waals surface area contributed by atoms with Gasteiger partial charge >= 0.3 is 5.97 Å². The fourth-order valence-electron chi connectivity index (χ4n) is 2.98. The van der Waals surface area contributed by atoms with E-state index < -0.39 is 5.97 Å². The molecule has 2 aromatic carbocycles. The molecule has 1 aliphatic rings. The first kappa shape index (κ1) is 18.7. The predicted octanol–water partition coefficient (Wildman–Crippen LogP) is 3.65. The number of hydrogen-bond acceptors (Lipinski definition) is 3. The van der Waals surface area contributed by atoms with Crippen molar-refractivity contribution in [3.05, 3.63) is 69.2 Å². The fraction of sp³-hybridized carbons (Fsp3) is 0.263. The number of halogens is 2. The number of benzene rings is 2. The smallest absolute Gasteiger partial charge is 0.335 e. The van der Waals surface area contributed by atoms with E-state index in [9.17, 15) is 9.59 Å². The number of carboxylic acids is 1. The van der Waals surface area contributed by atoms with Gasteiger partial charge in [-0.15, -0.1) is 0 Å². The van der Waals surface area contributed by atoms with Crippen molar-refractivity contribution >= 4 is 35.1 Å². The van der Waals surface area contributed by atoms with Gasteiger partial charge in [-0.25, -0.2) is 4.79 Å².